The number of fused-ring (bicyclic) bond motifs is 1. The minimum absolute atomic E-state index is 0.000192. The quantitative estimate of drug-likeness (QED) is 0.534. The Hall–Kier alpha value is -2.41. The summed E-state index contributed by atoms with van der Waals surface area (Å²) in [5.41, 5.74) is 1.08. The van der Waals surface area contributed by atoms with Gasteiger partial charge in [0.1, 0.15) is 18.2 Å². The monoisotopic (exact) mass is 460 g/mol. The molecule has 1 atom stereocenters. The van der Waals surface area contributed by atoms with E-state index in [4.69, 9.17) is 4.74 Å². The first-order valence-corrected chi connectivity index (χ1v) is 12.2. The van der Waals surface area contributed by atoms with Gasteiger partial charge in [0.25, 0.3) is 0 Å². The highest BCUT2D eigenvalue weighted by molar-refractivity contribution is 7.10. The summed E-state index contributed by atoms with van der Waals surface area (Å²) in [6.07, 6.45) is 1.64. The maximum atomic E-state index is 13.6. The fourth-order valence-electron chi connectivity index (χ4n) is 3.91. The molecule has 1 aliphatic heterocycles. The van der Waals surface area contributed by atoms with Gasteiger partial charge in [-0.1, -0.05) is 33.8 Å². The molecular formula is C25H33FN2O3S. The Bertz CT molecular complexity index is 927. The zero-order valence-electron chi connectivity index (χ0n) is 19.3. The standard InChI is InChI=1S/C25H33FN2O3S/c1-17(2)8-11-27(25(30)18(3)4)15-24(29)28-12-9-23-21(10-13-32-23)22(28)16-31-20-7-5-6-19(26)14-20/h5-7,10,13-14,17-18,22H,8-9,11-12,15-16H2,1-4H3. The van der Waals surface area contributed by atoms with Crippen molar-refractivity contribution in [3.63, 3.8) is 0 Å². The van der Waals surface area contributed by atoms with Crippen LogP contribution in [0.4, 0.5) is 4.39 Å². The van der Waals surface area contributed by atoms with Gasteiger partial charge in [-0.3, -0.25) is 9.59 Å². The normalized spacial score (nSPS) is 15.7. The molecule has 7 heteroatoms. The zero-order valence-corrected chi connectivity index (χ0v) is 20.2. The van der Waals surface area contributed by atoms with E-state index < -0.39 is 0 Å². The van der Waals surface area contributed by atoms with E-state index in [9.17, 15) is 14.0 Å². The van der Waals surface area contributed by atoms with Crippen molar-refractivity contribution < 1.29 is 18.7 Å². The van der Waals surface area contributed by atoms with E-state index in [0.29, 0.717) is 24.8 Å². The van der Waals surface area contributed by atoms with Crippen molar-refractivity contribution in [3.8, 4) is 5.75 Å². The minimum Gasteiger partial charge on any atom is -0.491 e. The third kappa shape index (κ3) is 6.09. The molecule has 5 nitrogen and oxygen atoms in total. The van der Waals surface area contributed by atoms with Crippen LogP contribution in [0.5, 0.6) is 5.75 Å². The molecule has 0 aliphatic carbocycles. The van der Waals surface area contributed by atoms with Crippen molar-refractivity contribution in [2.75, 3.05) is 26.2 Å². The van der Waals surface area contributed by atoms with Gasteiger partial charge >= 0.3 is 0 Å². The van der Waals surface area contributed by atoms with Crippen LogP contribution in [0.15, 0.2) is 35.7 Å². The van der Waals surface area contributed by atoms with Crippen molar-refractivity contribution in [2.24, 2.45) is 11.8 Å². The Labute approximate surface area is 194 Å². The zero-order chi connectivity index (χ0) is 23.3. The second kappa shape index (κ2) is 10.9. The molecule has 1 aromatic heterocycles. The molecule has 2 aromatic rings. The molecule has 1 unspecified atom stereocenters. The van der Waals surface area contributed by atoms with E-state index in [-0.39, 0.29) is 42.7 Å². The largest absolute Gasteiger partial charge is 0.491 e. The van der Waals surface area contributed by atoms with Gasteiger partial charge in [0, 0.05) is 30.0 Å². The number of nitrogens with zero attached hydrogens (tertiary/aromatic N) is 2. The van der Waals surface area contributed by atoms with Crippen molar-refractivity contribution in [2.45, 2.75) is 46.6 Å². The van der Waals surface area contributed by atoms with Crippen LogP contribution >= 0.6 is 11.3 Å². The van der Waals surface area contributed by atoms with Crippen LogP contribution in [0.3, 0.4) is 0 Å². The molecule has 0 radical (unpaired) electrons. The second-order valence-electron chi connectivity index (χ2n) is 9.02. The number of rotatable bonds is 9. The predicted octanol–water partition coefficient (Wildman–Crippen LogP) is 4.92. The fourth-order valence-corrected chi connectivity index (χ4v) is 4.84. The number of hydrogen-bond donors (Lipinski definition) is 0. The lowest BCUT2D eigenvalue weighted by atomic mass is 10.00. The van der Waals surface area contributed by atoms with Crippen LogP contribution < -0.4 is 4.74 Å². The summed E-state index contributed by atoms with van der Waals surface area (Å²) >= 11 is 1.68. The molecular weight excluding hydrogens is 427 g/mol. The molecule has 2 heterocycles. The van der Waals surface area contributed by atoms with E-state index in [1.165, 1.54) is 17.0 Å². The Morgan fingerprint density at radius 2 is 2.03 bits per heavy atom. The number of amides is 2. The molecule has 0 N–H and O–H groups in total. The summed E-state index contributed by atoms with van der Waals surface area (Å²) in [5, 5.41) is 2.03. The van der Waals surface area contributed by atoms with Crippen LogP contribution in [0.2, 0.25) is 0 Å². The van der Waals surface area contributed by atoms with E-state index in [2.05, 4.69) is 13.8 Å². The fraction of sp³-hybridized carbons (Fsp3) is 0.520. The van der Waals surface area contributed by atoms with Gasteiger partial charge in [-0.25, -0.2) is 4.39 Å². The average molecular weight is 461 g/mol. The minimum atomic E-state index is -0.358. The molecule has 0 bridgehead atoms. The maximum absolute atomic E-state index is 13.6. The number of ether oxygens (including phenoxy) is 1. The topological polar surface area (TPSA) is 49.9 Å². The molecule has 1 aliphatic rings. The van der Waals surface area contributed by atoms with Gasteiger partial charge in [-0.15, -0.1) is 11.3 Å². The number of thiophene rings is 1. The molecule has 0 spiro atoms. The van der Waals surface area contributed by atoms with Crippen molar-refractivity contribution in [3.05, 3.63) is 52.0 Å². The van der Waals surface area contributed by atoms with Crippen LogP contribution in [-0.2, 0) is 16.0 Å². The first-order chi connectivity index (χ1) is 15.3. The lowest BCUT2D eigenvalue weighted by Gasteiger charge is -2.37. The van der Waals surface area contributed by atoms with Gasteiger partial charge in [-0.05, 0) is 47.9 Å². The van der Waals surface area contributed by atoms with E-state index in [1.807, 2.05) is 30.2 Å². The van der Waals surface area contributed by atoms with E-state index in [0.717, 1.165) is 18.4 Å². The van der Waals surface area contributed by atoms with Gasteiger partial charge in [-0.2, -0.15) is 0 Å². The molecule has 174 valence electrons. The van der Waals surface area contributed by atoms with Crippen molar-refractivity contribution >= 4 is 23.2 Å². The summed E-state index contributed by atoms with van der Waals surface area (Å²) < 4.78 is 19.5. The third-order valence-electron chi connectivity index (χ3n) is 5.73. The van der Waals surface area contributed by atoms with Crippen molar-refractivity contribution in [1.29, 1.82) is 0 Å². The number of hydrogen-bond acceptors (Lipinski definition) is 4. The van der Waals surface area contributed by atoms with E-state index >= 15 is 0 Å². The van der Waals surface area contributed by atoms with Crippen molar-refractivity contribution in [1.82, 2.24) is 9.80 Å². The smallest absolute Gasteiger partial charge is 0.242 e. The SMILES string of the molecule is CC(C)CCN(CC(=O)N1CCc2sccc2C1COc1cccc(F)c1)C(=O)C(C)C. The average Bonchev–Trinajstić information content (AvgIpc) is 3.23. The highest BCUT2D eigenvalue weighted by atomic mass is 32.1. The number of benzene rings is 1. The molecule has 0 saturated carbocycles. The van der Waals surface area contributed by atoms with Gasteiger partial charge < -0.3 is 14.5 Å². The third-order valence-corrected chi connectivity index (χ3v) is 6.72. The summed E-state index contributed by atoms with van der Waals surface area (Å²) in [7, 11) is 0. The van der Waals surface area contributed by atoms with Gasteiger partial charge in [0.15, 0.2) is 0 Å². The molecule has 32 heavy (non-hydrogen) atoms. The number of carbonyl (C=O) groups excluding carboxylic acids is 2. The first kappa shape index (κ1) is 24.2. The van der Waals surface area contributed by atoms with Crippen LogP contribution in [0, 0.1) is 17.7 Å². The number of halogens is 1. The summed E-state index contributed by atoms with van der Waals surface area (Å²) in [6.45, 7) is 9.42. The van der Waals surface area contributed by atoms with Crippen LogP contribution in [0.1, 0.15) is 50.6 Å². The van der Waals surface area contributed by atoms with Crippen LogP contribution in [0.25, 0.3) is 0 Å². The Morgan fingerprint density at radius 3 is 2.72 bits per heavy atom. The van der Waals surface area contributed by atoms with E-state index in [1.54, 1.807) is 28.4 Å². The highest BCUT2D eigenvalue weighted by Crippen LogP contribution is 2.34. The van der Waals surface area contributed by atoms with Gasteiger partial charge in [0.05, 0.1) is 12.6 Å². The Morgan fingerprint density at radius 1 is 1.25 bits per heavy atom. The molecule has 3 rings (SSSR count). The summed E-state index contributed by atoms with van der Waals surface area (Å²) in [5.74, 6) is 0.291. The maximum Gasteiger partial charge on any atom is 0.242 e. The lowest BCUT2D eigenvalue weighted by Crippen LogP contribution is -2.48. The summed E-state index contributed by atoms with van der Waals surface area (Å²) in [4.78, 5) is 30.9. The lowest BCUT2D eigenvalue weighted by molar-refractivity contribution is -0.144. The molecule has 0 fully saturated rings. The number of carbonyl (C=O) groups is 2. The second-order valence-corrected chi connectivity index (χ2v) is 10.0. The summed E-state index contributed by atoms with van der Waals surface area (Å²) in [6, 6.07) is 7.81. The Kier molecular flexibility index (Phi) is 8.29. The molecule has 2 amide bonds. The van der Waals surface area contributed by atoms with Crippen LogP contribution in [-0.4, -0.2) is 47.9 Å². The predicted molar refractivity (Wildman–Crippen MR) is 125 cm³/mol. The molecule has 0 saturated heterocycles. The Balaban J connectivity index is 1.76. The molecule has 1 aromatic carbocycles. The highest BCUT2D eigenvalue weighted by Gasteiger charge is 2.33. The van der Waals surface area contributed by atoms with Gasteiger partial charge in [0.2, 0.25) is 11.8 Å². The first-order valence-electron chi connectivity index (χ1n) is 11.3.